The van der Waals surface area contributed by atoms with Crippen molar-refractivity contribution in [2.75, 3.05) is 13.1 Å². The van der Waals surface area contributed by atoms with Crippen LogP contribution in [0.15, 0.2) is 22.9 Å². The van der Waals surface area contributed by atoms with E-state index in [0.29, 0.717) is 0 Å². The van der Waals surface area contributed by atoms with Crippen LogP contribution in [-0.2, 0) is 0 Å². The molecule has 1 aliphatic heterocycles. The zero-order chi connectivity index (χ0) is 21.8. The number of allylic oxidation sites excluding steroid dienone is 4. The van der Waals surface area contributed by atoms with E-state index in [1.54, 1.807) is 16.8 Å². The standard InChI is InChI=1S/C28H50IN/c1-5-8-10-16-27(29)22-30-20-19-26(21-24(7-3)13-6-2)28(30)23(4)17-18-25-14-11-9-12-15-25/h7,25-27H,5-6,8-22H2,1-4H3/b24-7+,28-23-/t26?,27-/m1/s1. The highest BCUT2D eigenvalue weighted by atomic mass is 127. The van der Waals surface area contributed by atoms with Gasteiger partial charge in [0.1, 0.15) is 0 Å². The first-order valence-electron chi connectivity index (χ1n) is 13.3. The van der Waals surface area contributed by atoms with E-state index in [9.17, 15) is 0 Å². The first kappa shape index (κ1) is 26.3. The second kappa shape index (κ2) is 15.0. The highest BCUT2D eigenvalue weighted by Crippen LogP contribution is 2.39. The molecule has 2 aliphatic rings. The molecule has 1 nitrogen and oxygen atoms in total. The van der Waals surface area contributed by atoms with E-state index in [1.807, 2.05) is 0 Å². The minimum atomic E-state index is 0.772. The van der Waals surface area contributed by atoms with Gasteiger partial charge < -0.3 is 4.90 Å². The normalized spacial score (nSPS) is 23.8. The van der Waals surface area contributed by atoms with Crippen LogP contribution in [0, 0.1) is 11.8 Å². The molecular weight excluding hydrogens is 477 g/mol. The maximum Gasteiger partial charge on any atom is 0.0293 e. The van der Waals surface area contributed by atoms with Gasteiger partial charge in [0.05, 0.1) is 0 Å². The molecule has 0 bridgehead atoms. The highest BCUT2D eigenvalue weighted by molar-refractivity contribution is 14.1. The Morgan fingerprint density at radius 3 is 2.50 bits per heavy atom. The van der Waals surface area contributed by atoms with Crippen molar-refractivity contribution < 1.29 is 0 Å². The van der Waals surface area contributed by atoms with Crippen LogP contribution in [0.4, 0.5) is 0 Å². The molecule has 2 heteroatoms. The molecule has 1 aliphatic carbocycles. The van der Waals surface area contributed by atoms with Crippen LogP contribution >= 0.6 is 22.6 Å². The lowest BCUT2D eigenvalue weighted by Crippen LogP contribution is -2.27. The van der Waals surface area contributed by atoms with Crippen LogP contribution in [0.25, 0.3) is 0 Å². The number of halogens is 1. The lowest BCUT2D eigenvalue weighted by molar-refractivity contribution is 0.335. The Balaban J connectivity index is 2.06. The van der Waals surface area contributed by atoms with Gasteiger partial charge in [0, 0.05) is 28.6 Å². The molecule has 0 aromatic carbocycles. The summed E-state index contributed by atoms with van der Waals surface area (Å²) in [7, 11) is 0. The quantitative estimate of drug-likeness (QED) is 0.0998. The molecule has 0 aromatic heterocycles. The predicted octanol–water partition coefficient (Wildman–Crippen LogP) is 9.46. The van der Waals surface area contributed by atoms with Crippen molar-refractivity contribution in [3.05, 3.63) is 22.9 Å². The molecule has 1 saturated carbocycles. The molecule has 0 radical (unpaired) electrons. The van der Waals surface area contributed by atoms with E-state index in [-0.39, 0.29) is 0 Å². The van der Waals surface area contributed by atoms with Crippen LogP contribution in [0.1, 0.15) is 124 Å². The van der Waals surface area contributed by atoms with Gasteiger partial charge in [0.2, 0.25) is 0 Å². The number of alkyl halides is 1. The van der Waals surface area contributed by atoms with Gasteiger partial charge >= 0.3 is 0 Å². The summed E-state index contributed by atoms with van der Waals surface area (Å²) < 4.78 is 0.797. The Kier molecular flexibility index (Phi) is 13.1. The number of nitrogens with zero attached hydrogens (tertiary/aromatic N) is 1. The van der Waals surface area contributed by atoms with Crippen molar-refractivity contribution in [1.82, 2.24) is 4.90 Å². The molecule has 1 saturated heterocycles. The van der Waals surface area contributed by atoms with Gasteiger partial charge in [-0.25, -0.2) is 0 Å². The van der Waals surface area contributed by atoms with E-state index in [2.05, 4.69) is 61.3 Å². The zero-order valence-corrected chi connectivity index (χ0v) is 22.8. The summed E-state index contributed by atoms with van der Waals surface area (Å²) in [4.78, 5) is 2.82. The molecule has 1 unspecified atom stereocenters. The minimum Gasteiger partial charge on any atom is -0.374 e. The summed E-state index contributed by atoms with van der Waals surface area (Å²) in [6.07, 6.45) is 23.4. The number of hydrogen-bond acceptors (Lipinski definition) is 1. The number of hydrogen-bond donors (Lipinski definition) is 0. The largest absolute Gasteiger partial charge is 0.374 e. The molecule has 174 valence electrons. The fraction of sp³-hybridized carbons (Fsp3) is 0.857. The maximum atomic E-state index is 2.82. The molecular formula is C28H50IN. The Bertz CT molecular complexity index is 529. The first-order valence-corrected chi connectivity index (χ1v) is 14.6. The highest BCUT2D eigenvalue weighted by Gasteiger charge is 2.31. The topological polar surface area (TPSA) is 3.24 Å². The molecule has 2 rings (SSSR count). The average Bonchev–Trinajstić information content (AvgIpc) is 3.14. The summed E-state index contributed by atoms with van der Waals surface area (Å²) >= 11 is 2.74. The molecule has 2 atom stereocenters. The van der Waals surface area contributed by atoms with Gasteiger partial charge in [0.25, 0.3) is 0 Å². The molecule has 2 fully saturated rings. The van der Waals surface area contributed by atoms with Crippen LogP contribution in [0.5, 0.6) is 0 Å². The number of rotatable bonds is 13. The first-order chi connectivity index (χ1) is 14.6. The van der Waals surface area contributed by atoms with E-state index in [1.165, 1.54) is 109 Å². The van der Waals surface area contributed by atoms with E-state index < -0.39 is 0 Å². The predicted molar refractivity (Wildman–Crippen MR) is 143 cm³/mol. The molecule has 0 aromatic rings. The fourth-order valence-electron chi connectivity index (χ4n) is 5.81. The lowest BCUT2D eigenvalue weighted by atomic mass is 9.84. The van der Waals surface area contributed by atoms with Crippen LogP contribution in [0.3, 0.4) is 0 Å². The summed E-state index contributed by atoms with van der Waals surface area (Å²) in [6.45, 7) is 11.9. The van der Waals surface area contributed by atoms with Crippen molar-refractivity contribution in [3.8, 4) is 0 Å². The van der Waals surface area contributed by atoms with Crippen molar-refractivity contribution in [2.45, 2.75) is 128 Å². The van der Waals surface area contributed by atoms with Crippen LogP contribution in [-0.4, -0.2) is 21.9 Å². The lowest BCUT2D eigenvalue weighted by Gasteiger charge is -2.29. The Morgan fingerprint density at radius 2 is 1.83 bits per heavy atom. The second-order valence-electron chi connectivity index (χ2n) is 10.1. The van der Waals surface area contributed by atoms with E-state index in [0.717, 1.165) is 15.8 Å². The Morgan fingerprint density at radius 1 is 1.07 bits per heavy atom. The minimum absolute atomic E-state index is 0.772. The summed E-state index contributed by atoms with van der Waals surface area (Å²) in [5.74, 6) is 1.77. The van der Waals surface area contributed by atoms with Gasteiger partial charge in [-0.3, -0.25) is 0 Å². The fourth-order valence-corrected chi connectivity index (χ4v) is 6.72. The molecule has 1 heterocycles. The van der Waals surface area contributed by atoms with Crippen molar-refractivity contribution in [1.29, 1.82) is 0 Å². The molecule has 0 amide bonds. The third-order valence-electron chi connectivity index (χ3n) is 7.59. The number of likely N-dealkylation sites (tertiary alicyclic amines) is 1. The molecule has 0 N–H and O–H groups in total. The van der Waals surface area contributed by atoms with Gasteiger partial charge in [0.15, 0.2) is 0 Å². The van der Waals surface area contributed by atoms with Crippen molar-refractivity contribution in [2.24, 2.45) is 11.8 Å². The second-order valence-corrected chi connectivity index (χ2v) is 11.9. The van der Waals surface area contributed by atoms with Gasteiger partial charge in [-0.2, -0.15) is 0 Å². The molecule has 30 heavy (non-hydrogen) atoms. The summed E-state index contributed by atoms with van der Waals surface area (Å²) in [5.41, 5.74) is 5.18. The maximum absolute atomic E-state index is 2.82. The van der Waals surface area contributed by atoms with Crippen molar-refractivity contribution >= 4 is 22.6 Å². The van der Waals surface area contributed by atoms with E-state index >= 15 is 0 Å². The summed E-state index contributed by atoms with van der Waals surface area (Å²) in [5, 5.41) is 0. The van der Waals surface area contributed by atoms with Crippen molar-refractivity contribution in [3.63, 3.8) is 0 Å². The zero-order valence-electron chi connectivity index (χ0n) is 20.7. The van der Waals surface area contributed by atoms with E-state index in [4.69, 9.17) is 0 Å². The SMILES string of the molecule is C/C=C(\CCC)CC1CCN(C[C@H](I)CCCCC)/C1=C(/C)CCC1CCCCC1. The molecule has 0 spiro atoms. The van der Waals surface area contributed by atoms with Crippen LogP contribution < -0.4 is 0 Å². The van der Waals surface area contributed by atoms with Gasteiger partial charge in [-0.1, -0.05) is 111 Å². The number of unbranched alkanes of at least 4 members (excludes halogenated alkanes) is 2. The monoisotopic (exact) mass is 527 g/mol. The summed E-state index contributed by atoms with van der Waals surface area (Å²) in [6, 6.07) is 0. The Labute approximate surface area is 202 Å². The van der Waals surface area contributed by atoms with Crippen LogP contribution in [0.2, 0.25) is 0 Å². The third-order valence-corrected chi connectivity index (χ3v) is 8.61. The average molecular weight is 528 g/mol. The Hall–Kier alpha value is 0.01000. The van der Waals surface area contributed by atoms with Gasteiger partial charge in [-0.15, -0.1) is 0 Å². The smallest absolute Gasteiger partial charge is 0.0293 e. The van der Waals surface area contributed by atoms with Gasteiger partial charge in [-0.05, 0) is 58.3 Å². The third kappa shape index (κ3) is 8.87.